The molecular formula is C26H31N. The SMILES string of the molecule is CCCC(CCC)c1cccc(CNc2cccc(-c3ccccc3)c2)c1. The van der Waals surface area contributed by atoms with Crippen LogP contribution in [0.15, 0.2) is 78.9 Å². The number of hydrogen-bond donors (Lipinski definition) is 1. The highest BCUT2D eigenvalue weighted by molar-refractivity contribution is 5.68. The topological polar surface area (TPSA) is 12.0 Å². The standard InChI is InChI=1S/C26H31N/c1-3-10-22(11-4-2)24-15-8-12-21(18-24)20-27-26-17-9-16-25(19-26)23-13-6-5-7-14-23/h5-9,12-19,22,27H,3-4,10-11,20H2,1-2H3. The molecule has 140 valence electrons. The third-order valence-electron chi connectivity index (χ3n) is 5.16. The summed E-state index contributed by atoms with van der Waals surface area (Å²) in [5, 5.41) is 3.60. The van der Waals surface area contributed by atoms with E-state index in [2.05, 4.69) is 98.0 Å². The fourth-order valence-corrected chi connectivity index (χ4v) is 3.78. The summed E-state index contributed by atoms with van der Waals surface area (Å²) in [5.74, 6) is 0.696. The smallest absolute Gasteiger partial charge is 0.0400 e. The van der Waals surface area contributed by atoms with Gasteiger partial charge in [-0.05, 0) is 53.1 Å². The summed E-state index contributed by atoms with van der Waals surface area (Å²) in [6.45, 7) is 5.43. The summed E-state index contributed by atoms with van der Waals surface area (Å²) < 4.78 is 0. The molecule has 0 fully saturated rings. The summed E-state index contributed by atoms with van der Waals surface area (Å²) >= 11 is 0. The molecule has 0 aromatic heterocycles. The van der Waals surface area contributed by atoms with Gasteiger partial charge in [0, 0.05) is 12.2 Å². The zero-order valence-corrected chi connectivity index (χ0v) is 16.6. The second-order valence-corrected chi connectivity index (χ2v) is 7.32. The van der Waals surface area contributed by atoms with E-state index >= 15 is 0 Å². The van der Waals surface area contributed by atoms with Crippen molar-refractivity contribution < 1.29 is 0 Å². The molecule has 0 bridgehead atoms. The Hall–Kier alpha value is -2.54. The van der Waals surface area contributed by atoms with Crippen molar-refractivity contribution in [1.29, 1.82) is 0 Å². The zero-order chi connectivity index (χ0) is 18.9. The molecule has 0 unspecified atom stereocenters. The van der Waals surface area contributed by atoms with E-state index in [0.717, 1.165) is 6.54 Å². The molecule has 0 aliphatic rings. The van der Waals surface area contributed by atoms with Gasteiger partial charge in [-0.2, -0.15) is 0 Å². The lowest BCUT2D eigenvalue weighted by Crippen LogP contribution is -2.03. The van der Waals surface area contributed by atoms with Crippen molar-refractivity contribution in [3.63, 3.8) is 0 Å². The number of hydrogen-bond acceptors (Lipinski definition) is 1. The molecule has 0 spiro atoms. The van der Waals surface area contributed by atoms with Gasteiger partial charge >= 0.3 is 0 Å². The van der Waals surface area contributed by atoms with Crippen LogP contribution in [0.1, 0.15) is 56.6 Å². The molecular weight excluding hydrogens is 326 g/mol. The number of nitrogens with one attached hydrogen (secondary N) is 1. The highest BCUT2D eigenvalue weighted by Gasteiger charge is 2.10. The predicted octanol–water partition coefficient (Wildman–Crippen LogP) is 7.65. The molecule has 1 N–H and O–H groups in total. The average molecular weight is 358 g/mol. The van der Waals surface area contributed by atoms with Crippen LogP contribution < -0.4 is 5.32 Å². The van der Waals surface area contributed by atoms with Crippen molar-refractivity contribution in [2.75, 3.05) is 5.32 Å². The first-order valence-electron chi connectivity index (χ1n) is 10.3. The molecule has 27 heavy (non-hydrogen) atoms. The van der Waals surface area contributed by atoms with Crippen molar-refractivity contribution >= 4 is 5.69 Å². The van der Waals surface area contributed by atoms with Crippen molar-refractivity contribution in [2.45, 2.75) is 52.0 Å². The molecule has 0 radical (unpaired) electrons. The molecule has 0 aliphatic carbocycles. The Labute approximate surface area is 164 Å². The van der Waals surface area contributed by atoms with Gasteiger partial charge in [-0.15, -0.1) is 0 Å². The Balaban J connectivity index is 1.69. The fraction of sp³-hybridized carbons (Fsp3) is 0.308. The summed E-state index contributed by atoms with van der Waals surface area (Å²) in [7, 11) is 0. The number of rotatable bonds is 9. The maximum Gasteiger partial charge on any atom is 0.0400 e. The lowest BCUT2D eigenvalue weighted by molar-refractivity contribution is 0.560. The maximum atomic E-state index is 3.60. The van der Waals surface area contributed by atoms with E-state index < -0.39 is 0 Å². The van der Waals surface area contributed by atoms with E-state index in [0.29, 0.717) is 5.92 Å². The minimum atomic E-state index is 0.696. The van der Waals surface area contributed by atoms with Gasteiger partial charge in [-0.25, -0.2) is 0 Å². The zero-order valence-electron chi connectivity index (χ0n) is 16.6. The first-order chi connectivity index (χ1) is 13.3. The number of benzene rings is 3. The molecule has 3 rings (SSSR count). The van der Waals surface area contributed by atoms with Crippen molar-refractivity contribution in [3.05, 3.63) is 90.0 Å². The van der Waals surface area contributed by atoms with Gasteiger partial charge < -0.3 is 5.32 Å². The van der Waals surface area contributed by atoms with Gasteiger partial charge in [0.2, 0.25) is 0 Å². The van der Waals surface area contributed by atoms with E-state index in [-0.39, 0.29) is 0 Å². The first kappa shape index (κ1) is 19.2. The van der Waals surface area contributed by atoms with Crippen molar-refractivity contribution in [1.82, 2.24) is 0 Å². The van der Waals surface area contributed by atoms with Gasteiger partial charge in [0.15, 0.2) is 0 Å². The molecule has 1 heteroatoms. The first-order valence-corrected chi connectivity index (χ1v) is 10.3. The van der Waals surface area contributed by atoms with Crippen LogP contribution in [0.2, 0.25) is 0 Å². The van der Waals surface area contributed by atoms with E-state index in [1.807, 2.05) is 0 Å². The Morgan fingerprint density at radius 2 is 1.41 bits per heavy atom. The molecule has 0 saturated carbocycles. The summed E-state index contributed by atoms with van der Waals surface area (Å²) in [6.07, 6.45) is 5.06. The van der Waals surface area contributed by atoms with E-state index in [1.165, 1.54) is 53.6 Å². The summed E-state index contributed by atoms with van der Waals surface area (Å²) in [6, 6.07) is 28.4. The molecule has 1 nitrogen and oxygen atoms in total. The molecule has 3 aromatic carbocycles. The minimum absolute atomic E-state index is 0.696. The third kappa shape index (κ3) is 5.47. The average Bonchev–Trinajstić information content (AvgIpc) is 2.73. The van der Waals surface area contributed by atoms with Crippen LogP contribution in [0.4, 0.5) is 5.69 Å². The van der Waals surface area contributed by atoms with E-state index in [1.54, 1.807) is 0 Å². The van der Waals surface area contributed by atoms with Crippen LogP contribution in [-0.2, 0) is 6.54 Å². The van der Waals surface area contributed by atoms with E-state index in [9.17, 15) is 0 Å². The van der Waals surface area contributed by atoms with Crippen LogP contribution in [0.25, 0.3) is 11.1 Å². The van der Waals surface area contributed by atoms with Gasteiger partial charge in [-0.3, -0.25) is 0 Å². The Bertz CT molecular complexity index is 816. The Morgan fingerprint density at radius 1 is 0.704 bits per heavy atom. The Morgan fingerprint density at radius 3 is 2.15 bits per heavy atom. The molecule has 0 amide bonds. The maximum absolute atomic E-state index is 3.60. The minimum Gasteiger partial charge on any atom is -0.381 e. The van der Waals surface area contributed by atoms with Gasteiger partial charge in [0.1, 0.15) is 0 Å². The van der Waals surface area contributed by atoms with Crippen LogP contribution >= 0.6 is 0 Å². The van der Waals surface area contributed by atoms with Crippen LogP contribution in [0, 0.1) is 0 Å². The van der Waals surface area contributed by atoms with Crippen LogP contribution in [0.3, 0.4) is 0 Å². The van der Waals surface area contributed by atoms with Crippen molar-refractivity contribution in [3.8, 4) is 11.1 Å². The molecule has 3 aromatic rings. The predicted molar refractivity (Wildman–Crippen MR) is 118 cm³/mol. The van der Waals surface area contributed by atoms with Crippen LogP contribution in [-0.4, -0.2) is 0 Å². The van der Waals surface area contributed by atoms with Crippen LogP contribution in [0.5, 0.6) is 0 Å². The lowest BCUT2D eigenvalue weighted by atomic mass is 9.89. The third-order valence-corrected chi connectivity index (χ3v) is 5.16. The summed E-state index contributed by atoms with van der Waals surface area (Å²) in [5.41, 5.74) is 6.52. The van der Waals surface area contributed by atoms with E-state index in [4.69, 9.17) is 0 Å². The molecule has 0 aliphatic heterocycles. The van der Waals surface area contributed by atoms with Gasteiger partial charge in [0.25, 0.3) is 0 Å². The highest BCUT2D eigenvalue weighted by atomic mass is 14.9. The van der Waals surface area contributed by atoms with Crippen molar-refractivity contribution in [2.24, 2.45) is 0 Å². The Kier molecular flexibility index (Phi) is 7.10. The molecule has 0 saturated heterocycles. The normalized spacial score (nSPS) is 10.9. The second-order valence-electron chi connectivity index (χ2n) is 7.32. The highest BCUT2D eigenvalue weighted by Crippen LogP contribution is 2.27. The van der Waals surface area contributed by atoms with Gasteiger partial charge in [-0.1, -0.05) is 93.4 Å². The largest absolute Gasteiger partial charge is 0.381 e. The monoisotopic (exact) mass is 357 g/mol. The number of anilines is 1. The molecule has 0 heterocycles. The quantitative estimate of drug-likeness (QED) is 0.414. The second kappa shape index (κ2) is 9.97. The molecule has 0 atom stereocenters. The van der Waals surface area contributed by atoms with Gasteiger partial charge in [0.05, 0.1) is 0 Å². The fourth-order valence-electron chi connectivity index (χ4n) is 3.78. The summed E-state index contributed by atoms with van der Waals surface area (Å²) in [4.78, 5) is 0. The lowest BCUT2D eigenvalue weighted by Gasteiger charge is -2.17.